The lowest BCUT2D eigenvalue weighted by Crippen LogP contribution is -2.26. The number of ether oxygens (including phenoxy) is 3. The van der Waals surface area contributed by atoms with Crippen LogP contribution < -0.4 is 19.1 Å². The Morgan fingerprint density at radius 3 is 2.38 bits per heavy atom. The molecule has 0 aliphatic rings. The van der Waals surface area contributed by atoms with Crippen LogP contribution in [-0.2, 0) is 4.79 Å². The Hall–Kier alpha value is -2.69. The Kier molecular flexibility index (Phi) is 6.49. The fourth-order valence-corrected chi connectivity index (χ4v) is 2.28. The average molecular weight is 329 g/mol. The molecule has 0 aliphatic carbocycles. The monoisotopic (exact) mass is 329 g/mol. The fraction of sp³-hybridized carbons (Fsp3) is 0.316. The van der Waals surface area contributed by atoms with E-state index < -0.39 is 0 Å². The Bertz CT molecular complexity index is 658. The van der Waals surface area contributed by atoms with Crippen LogP contribution in [0.1, 0.15) is 12.8 Å². The first-order chi connectivity index (χ1) is 11.7. The van der Waals surface area contributed by atoms with E-state index in [2.05, 4.69) is 0 Å². The number of hydrogen-bond donors (Lipinski definition) is 0. The van der Waals surface area contributed by atoms with Gasteiger partial charge in [-0.1, -0.05) is 18.2 Å². The van der Waals surface area contributed by atoms with E-state index in [1.54, 1.807) is 38.3 Å². The Balaban J connectivity index is 1.85. The van der Waals surface area contributed by atoms with E-state index in [1.807, 2.05) is 36.4 Å². The smallest absolute Gasteiger partial charge is 0.226 e. The van der Waals surface area contributed by atoms with Crippen LogP contribution in [0.2, 0.25) is 0 Å². The summed E-state index contributed by atoms with van der Waals surface area (Å²) in [6.07, 6.45) is 1.07. The molecule has 1 amide bonds. The molecule has 0 radical (unpaired) electrons. The highest BCUT2D eigenvalue weighted by atomic mass is 16.5. The van der Waals surface area contributed by atoms with E-state index in [-0.39, 0.29) is 5.91 Å². The maximum atomic E-state index is 12.3. The summed E-state index contributed by atoms with van der Waals surface area (Å²) in [4.78, 5) is 13.9. The molecule has 0 N–H and O–H groups in total. The van der Waals surface area contributed by atoms with Crippen molar-refractivity contribution in [2.24, 2.45) is 0 Å². The Morgan fingerprint density at radius 1 is 1.00 bits per heavy atom. The highest BCUT2D eigenvalue weighted by Crippen LogP contribution is 2.31. The molecule has 2 aromatic carbocycles. The number of benzene rings is 2. The lowest BCUT2D eigenvalue weighted by atomic mass is 10.2. The summed E-state index contributed by atoms with van der Waals surface area (Å²) >= 11 is 0. The second kappa shape index (κ2) is 8.82. The molecular formula is C19H23NO4. The maximum Gasteiger partial charge on any atom is 0.226 e. The molecule has 0 heterocycles. The first kappa shape index (κ1) is 17.7. The molecule has 0 aliphatic heterocycles. The fourth-order valence-electron chi connectivity index (χ4n) is 2.28. The quantitative estimate of drug-likeness (QED) is 0.695. The number of nitrogens with zero attached hydrogens (tertiary/aromatic N) is 1. The minimum Gasteiger partial charge on any atom is -0.494 e. The zero-order chi connectivity index (χ0) is 17.4. The largest absolute Gasteiger partial charge is 0.494 e. The SMILES string of the molecule is COc1ccc(N(C)C(=O)CCCOc2ccccc2)cc1OC. The van der Waals surface area contributed by atoms with E-state index >= 15 is 0 Å². The van der Waals surface area contributed by atoms with Crippen molar-refractivity contribution in [2.45, 2.75) is 12.8 Å². The summed E-state index contributed by atoms with van der Waals surface area (Å²) in [5, 5.41) is 0. The number of hydrogen-bond acceptors (Lipinski definition) is 4. The third-order valence-corrected chi connectivity index (χ3v) is 3.68. The summed E-state index contributed by atoms with van der Waals surface area (Å²) in [5.41, 5.74) is 0.765. The van der Waals surface area contributed by atoms with Crippen molar-refractivity contribution in [2.75, 3.05) is 32.8 Å². The van der Waals surface area contributed by atoms with Crippen LogP contribution in [0.4, 0.5) is 5.69 Å². The van der Waals surface area contributed by atoms with Gasteiger partial charge in [-0.15, -0.1) is 0 Å². The molecule has 2 aromatic rings. The van der Waals surface area contributed by atoms with Crippen molar-refractivity contribution in [1.29, 1.82) is 0 Å². The molecule has 0 bridgehead atoms. The van der Waals surface area contributed by atoms with E-state index in [9.17, 15) is 4.79 Å². The molecule has 0 unspecified atom stereocenters. The van der Waals surface area contributed by atoms with Gasteiger partial charge in [-0.2, -0.15) is 0 Å². The number of carbonyl (C=O) groups excluding carboxylic acids is 1. The number of methoxy groups -OCH3 is 2. The third kappa shape index (κ3) is 4.65. The van der Waals surface area contributed by atoms with E-state index in [1.165, 1.54) is 0 Å². The highest BCUT2D eigenvalue weighted by Gasteiger charge is 2.13. The molecule has 0 spiro atoms. The lowest BCUT2D eigenvalue weighted by molar-refractivity contribution is -0.118. The zero-order valence-corrected chi connectivity index (χ0v) is 14.3. The van der Waals surface area contributed by atoms with Crippen molar-refractivity contribution in [3.63, 3.8) is 0 Å². The van der Waals surface area contributed by atoms with Gasteiger partial charge >= 0.3 is 0 Å². The van der Waals surface area contributed by atoms with Gasteiger partial charge in [0.05, 0.1) is 20.8 Å². The normalized spacial score (nSPS) is 10.1. The summed E-state index contributed by atoms with van der Waals surface area (Å²) < 4.78 is 16.1. The molecule has 128 valence electrons. The molecule has 0 saturated carbocycles. The van der Waals surface area contributed by atoms with E-state index in [0.29, 0.717) is 30.9 Å². The number of para-hydroxylation sites is 1. The first-order valence-electron chi connectivity index (χ1n) is 7.82. The number of carbonyl (C=O) groups is 1. The molecule has 0 saturated heterocycles. The van der Waals surface area contributed by atoms with Gasteiger partial charge in [-0.3, -0.25) is 4.79 Å². The average Bonchev–Trinajstić information content (AvgIpc) is 2.64. The minimum atomic E-state index is 0.0267. The first-order valence-corrected chi connectivity index (χ1v) is 7.82. The van der Waals surface area contributed by atoms with Gasteiger partial charge in [0.15, 0.2) is 11.5 Å². The Morgan fingerprint density at radius 2 is 1.71 bits per heavy atom. The van der Waals surface area contributed by atoms with Gasteiger partial charge < -0.3 is 19.1 Å². The molecule has 5 heteroatoms. The predicted molar refractivity (Wildman–Crippen MR) is 94.1 cm³/mol. The molecular weight excluding hydrogens is 306 g/mol. The standard InChI is InChI=1S/C19H23NO4/c1-20(15-11-12-17(22-2)18(14-15)23-3)19(21)10-7-13-24-16-8-5-4-6-9-16/h4-6,8-9,11-12,14H,7,10,13H2,1-3H3. The van der Waals surface area contributed by atoms with Crippen molar-refractivity contribution < 1.29 is 19.0 Å². The molecule has 2 rings (SSSR count). The Labute approximate surface area is 142 Å². The van der Waals surface area contributed by atoms with Gasteiger partial charge in [-0.05, 0) is 30.7 Å². The van der Waals surface area contributed by atoms with Crippen LogP contribution in [0.15, 0.2) is 48.5 Å². The topological polar surface area (TPSA) is 48.0 Å². The molecule has 0 aromatic heterocycles. The molecule has 24 heavy (non-hydrogen) atoms. The maximum absolute atomic E-state index is 12.3. The second-order valence-corrected chi connectivity index (χ2v) is 5.26. The van der Waals surface area contributed by atoms with Gasteiger partial charge in [-0.25, -0.2) is 0 Å². The van der Waals surface area contributed by atoms with E-state index in [4.69, 9.17) is 14.2 Å². The molecule has 0 atom stereocenters. The van der Waals surface area contributed by atoms with Crippen LogP contribution >= 0.6 is 0 Å². The zero-order valence-electron chi connectivity index (χ0n) is 14.3. The summed E-state index contributed by atoms with van der Waals surface area (Å²) in [6.45, 7) is 0.509. The highest BCUT2D eigenvalue weighted by molar-refractivity contribution is 5.93. The van der Waals surface area contributed by atoms with Gasteiger partial charge in [0.25, 0.3) is 0 Å². The van der Waals surface area contributed by atoms with Crippen LogP contribution in [0.5, 0.6) is 17.2 Å². The molecule has 0 fully saturated rings. The van der Waals surface area contributed by atoms with Crippen molar-refractivity contribution in [3.8, 4) is 17.2 Å². The van der Waals surface area contributed by atoms with Crippen molar-refractivity contribution in [3.05, 3.63) is 48.5 Å². The second-order valence-electron chi connectivity index (χ2n) is 5.26. The minimum absolute atomic E-state index is 0.0267. The number of amides is 1. The third-order valence-electron chi connectivity index (χ3n) is 3.68. The van der Waals surface area contributed by atoms with Crippen LogP contribution in [0, 0.1) is 0 Å². The van der Waals surface area contributed by atoms with E-state index in [0.717, 1.165) is 11.4 Å². The van der Waals surface area contributed by atoms with Gasteiger partial charge in [0.1, 0.15) is 5.75 Å². The van der Waals surface area contributed by atoms with Gasteiger partial charge in [0.2, 0.25) is 5.91 Å². The number of rotatable bonds is 8. The lowest BCUT2D eigenvalue weighted by Gasteiger charge is -2.19. The van der Waals surface area contributed by atoms with Crippen molar-refractivity contribution in [1.82, 2.24) is 0 Å². The van der Waals surface area contributed by atoms with Crippen LogP contribution in [0.25, 0.3) is 0 Å². The van der Waals surface area contributed by atoms with Crippen LogP contribution in [-0.4, -0.2) is 33.8 Å². The van der Waals surface area contributed by atoms with Crippen molar-refractivity contribution >= 4 is 11.6 Å². The predicted octanol–water partition coefficient (Wildman–Crippen LogP) is 3.53. The van der Waals surface area contributed by atoms with Crippen LogP contribution in [0.3, 0.4) is 0 Å². The summed E-state index contributed by atoms with van der Waals surface area (Å²) in [5.74, 6) is 2.08. The molecule has 5 nitrogen and oxygen atoms in total. The summed E-state index contributed by atoms with van der Waals surface area (Å²) in [6, 6.07) is 15.0. The van der Waals surface area contributed by atoms with Gasteiger partial charge in [0, 0.05) is 25.2 Å². The number of anilines is 1. The summed E-state index contributed by atoms with van der Waals surface area (Å²) in [7, 11) is 4.91.